The number of hydrogen-bond acceptors (Lipinski definition) is 3. The van der Waals surface area contributed by atoms with Crippen molar-refractivity contribution in [3.05, 3.63) is 27.9 Å². The average Bonchev–Trinajstić information content (AvgIpc) is 2.18. The number of hydrogen-bond donors (Lipinski definition) is 1. The zero-order valence-electron chi connectivity index (χ0n) is 7.53. The lowest BCUT2D eigenvalue weighted by atomic mass is 10.5. The minimum atomic E-state index is -0.308. The van der Waals surface area contributed by atoms with E-state index in [0.29, 0.717) is 24.7 Å². The van der Waals surface area contributed by atoms with Gasteiger partial charge >= 0.3 is 5.69 Å². The molecule has 0 bridgehead atoms. The number of terminal acetylenes is 1. The predicted octanol–water partition coefficient (Wildman–Crippen LogP) is 0.119. The largest absolute Gasteiger partial charge is 0.347 e. The van der Waals surface area contributed by atoms with Crippen LogP contribution in [0.5, 0.6) is 0 Å². The maximum absolute atomic E-state index is 11.2. The fraction of sp³-hybridized carbons (Fsp3) is 0.333. The Morgan fingerprint density at radius 2 is 2.50 bits per heavy atom. The third-order valence-corrected chi connectivity index (χ3v) is 1.77. The molecule has 0 fully saturated rings. The molecule has 1 rings (SSSR count). The zero-order chi connectivity index (χ0) is 10.4. The Hall–Kier alpha value is -1.31. The molecule has 1 aromatic rings. The van der Waals surface area contributed by atoms with Crippen molar-refractivity contribution in [2.45, 2.75) is 6.54 Å². The SMILES string of the molecule is C#CCNCCn1cc(Cl)cnc1=O. The van der Waals surface area contributed by atoms with Crippen LogP contribution in [0.1, 0.15) is 0 Å². The van der Waals surface area contributed by atoms with Crippen molar-refractivity contribution in [3.63, 3.8) is 0 Å². The van der Waals surface area contributed by atoms with Crippen LogP contribution in [-0.2, 0) is 6.54 Å². The topological polar surface area (TPSA) is 46.9 Å². The molecule has 0 unspecified atom stereocenters. The number of nitrogens with zero attached hydrogens (tertiary/aromatic N) is 2. The van der Waals surface area contributed by atoms with E-state index in [9.17, 15) is 4.79 Å². The second-order valence-corrected chi connectivity index (χ2v) is 3.07. The van der Waals surface area contributed by atoms with Crippen molar-refractivity contribution in [2.75, 3.05) is 13.1 Å². The Balaban J connectivity index is 2.55. The third kappa shape index (κ3) is 3.21. The summed E-state index contributed by atoms with van der Waals surface area (Å²) in [6.07, 6.45) is 7.93. The van der Waals surface area contributed by atoms with Gasteiger partial charge in [-0.25, -0.2) is 9.78 Å². The highest BCUT2D eigenvalue weighted by Crippen LogP contribution is 2.00. The molecule has 0 radical (unpaired) electrons. The first-order chi connectivity index (χ1) is 6.74. The highest BCUT2D eigenvalue weighted by molar-refractivity contribution is 6.30. The monoisotopic (exact) mass is 211 g/mol. The summed E-state index contributed by atoms with van der Waals surface area (Å²) in [5.74, 6) is 2.44. The molecule has 4 nitrogen and oxygen atoms in total. The maximum atomic E-state index is 11.2. The van der Waals surface area contributed by atoms with Crippen LogP contribution >= 0.6 is 11.6 Å². The lowest BCUT2D eigenvalue weighted by molar-refractivity contribution is 0.600. The van der Waals surface area contributed by atoms with Gasteiger partial charge in [-0.05, 0) is 0 Å². The molecule has 1 N–H and O–H groups in total. The van der Waals surface area contributed by atoms with Crippen molar-refractivity contribution in [1.82, 2.24) is 14.9 Å². The van der Waals surface area contributed by atoms with E-state index in [0.717, 1.165) is 0 Å². The van der Waals surface area contributed by atoms with E-state index >= 15 is 0 Å². The molecular formula is C9H10ClN3O. The lowest BCUT2D eigenvalue weighted by Gasteiger charge is -2.04. The summed E-state index contributed by atoms with van der Waals surface area (Å²) in [7, 11) is 0. The Morgan fingerprint density at radius 1 is 1.71 bits per heavy atom. The van der Waals surface area contributed by atoms with Gasteiger partial charge in [-0.15, -0.1) is 6.42 Å². The summed E-state index contributed by atoms with van der Waals surface area (Å²) in [4.78, 5) is 14.7. The van der Waals surface area contributed by atoms with Gasteiger partial charge in [0.25, 0.3) is 0 Å². The van der Waals surface area contributed by atoms with E-state index in [1.165, 1.54) is 10.8 Å². The standard InChI is InChI=1S/C9H10ClN3O/c1-2-3-11-4-5-13-7-8(10)6-12-9(13)14/h1,6-7,11H,3-5H2. The highest BCUT2D eigenvalue weighted by Gasteiger charge is 1.96. The first kappa shape index (κ1) is 10.8. The molecule has 0 spiro atoms. The molecule has 0 aliphatic rings. The third-order valence-electron chi connectivity index (χ3n) is 1.58. The van der Waals surface area contributed by atoms with Gasteiger partial charge in [0.05, 0.1) is 17.8 Å². The van der Waals surface area contributed by atoms with Crippen molar-refractivity contribution >= 4 is 11.6 Å². The van der Waals surface area contributed by atoms with Gasteiger partial charge in [0.2, 0.25) is 0 Å². The molecule has 74 valence electrons. The molecular weight excluding hydrogens is 202 g/mol. The second kappa shape index (κ2) is 5.43. The molecule has 0 atom stereocenters. The predicted molar refractivity (Wildman–Crippen MR) is 55.2 cm³/mol. The van der Waals surface area contributed by atoms with Crippen LogP contribution < -0.4 is 11.0 Å². The molecule has 0 aromatic carbocycles. The van der Waals surface area contributed by atoms with Gasteiger partial charge < -0.3 is 5.32 Å². The Morgan fingerprint density at radius 3 is 3.21 bits per heavy atom. The molecule has 0 aliphatic carbocycles. The normalized spacial score (nSPS) is 9.71. The number of halogens is 1. The molecule has 0 saturated heterocycles. The number of rotatable bonds is 4. The van der Waals surface area contributed by atoms with Crippen molar-refractivity contribution in [3.8, 4) is 12.3 Å². The van der Waals surface area contributed by atoms with E-state index in [4.69, 9.17) is 18.0 Å². The van der Waals surface area contributed by atoms with Crippen LogP contribution in [0.4, 0.5) is 0 Å². The molecule has 0 saturated carbocycles. The van der Waals surface area contributed by atoms with E-state index in [-0.39, 0.29) is 5.69 Å². The van der Waals surface area contributed by atoms with Crippen LogP contribution in [0.15, 0.2) is 17.2 Å². The summed E-state index contributed by atoms with van der Waals surface area (Å²) < 4.78 is 1.44. The molecule has 0 amide bonds. The number of nitrogens with one attached hydrogen (secondary N) is 1. The van der Waals surface area contributed by atoms with Crippen LogP contribution in [0.2, 0.25) is 5.02 Å². The summed E-state index contributed by atoms with van der Waals surface area (Å²) in [6, 6.07) is 0. The van der Waals surface area contributed by atoms with Crippen LogP contribution in [0.25, 0.3) is 0 Å². The second-order valence-electron chi connectivity index (χ2n) is 2.63. The van der Waals surface area contributed by atoms with E-state index in [1.54, 1.807) is 6.20 Å². The van der Waals surface area contributed by atoms with Crippen LogP contribution in [0.3, 0.4) is 0 Å². The van der Waals surface area contributed by atoms with Crippen molar-refractivity contribution < 1.29 is 0 Å². The van der Waals surface area contributed by atoms with Gasteiger partial charge in [-0.2, -0.15) is 0 Å². The van der Waals surface area contributed by atoms with E-state index in [1.807, 2.05) is 0 Å². The fourth-order valence-electron chi connectivity index (χ4n) is 0.949. The summed E-state index contributed by atoms with van der Waals surface area (Å²) in [5, 5.41) is 3.41. The molecule has 1 aromatic heterocycles. The summed E-state index contributed by atoms with van der Waals surface area (Å²) >= 11 is 5.68. The summed E-state index contributed by atoms with van der Waals surface area (Å²) in [6.45, 7) is 1.61. The first-order valence-electron chi connectivity index (χ1n) is 4.10. The van der Waals surface area contributed by atoms with Crippen molar-refractivity contribution in [2.24, 2.45) is 0 Å². The van der Waals surface area contributed by atoms with E-state index in [2.05, 4.69) is 16.2 Å². The molecule has 14 heavy (non-hydrogen) atoms. The van der Waals surface area contributed by atoms with Gasteiger partial charge in [0.1, 0.15) is 0 Å². The van der Waals surface area contributed by atoms with E-state index < -0.39 is 0 Å². The minimum Gasteiger partial charge on any atom is -0.304 e. The summed E-state index contributed by atoms with van der Waals surface area (Å²) in [5.41, 5.74) is -0.308. The average molecular weight is 212 g/mol. The maximum Gasteiger partial charge on any atom is 0.347 e. The molecule has 1 heterocycles. The van der Waals surface area contributed by atoms with Gasteiger partial charge in [0.15, 0.2) is 0 Å². The molecule has 5 heteroatoms. The highest BCUT2D eigenvalue weighted by atomic mass is 35.5. The van der Waals surface area contributed by atoms with Crippen molar-refractivity contribution in [1.29, 1.82) is 0 Å². The Labute approximate surface area is 86.9 Å². The Bertz CT molecular complexity index is 394. The quantitative estimate of drug-likeness (QED) is 0.569. The Kier molecular flexibility index (Phi) is 4.17. The van der Waals surface area contributed by atoms with Gasteiger partial charge in [0, 0.05) is 19.3 Å². The fourth-order valence-corrected chi connectivity index (χ4v) is 1.12. The smallest absolute Gasteiger partial charge is 0.304 e. The van der Waals surface area contributed by atoms with Crippen LogP contribution in [0, 0.1) is 12.3 Å². The van der Waals surface area contributed by atoms with Gasteiger partial charge in [-0.1, -0.05) is 17.5 Å². The first-order valence-corrected chi connectivity index (χ1v) is 4.48. The number of aromatic nitrogens is 2. The lowest BCUT2D eigenvalue weighted by Crippen LogP contribution is -2.28. The van der Waals surface area contributed by atoms with Gasteiger partial charge in [-0.3, -0.25) is 4.57 Å². The molecule has 0 aliphatic heterocycles. The zero-order valence-corrected chi connectivity index (χ0v) is 8.29. The minimum absolute atomic E-state index is 0.308. The van der Waals surface area contributed by atoms with Crippen LogP contribution in [-0.4, -0.2) is 22.6 Å².